The van der Waals surface area contributed by atoms with Crippen LogP contribution >= 0.6 is 27.7 Å². The Labute approximate surface area is 103 Å². The summed E-state index contributed by atoms with van der Waals surface area (Å²) < 4.78 is 5.45. The van der Waals surface area contributed by atoms with Crippen molar-refractivity contribution in [3.8, 4) is 0 Å². The minimum Gasteiger partial charge on any atom is -0.368 e. The second-order valence-electron chi connectivity index (χ2n) is 3.92. The summed E-state index contributed by atoms with van der Waals surface area (Å²) in [6.45, 7) is 1.62. The molecule has 2 aliphatic heterocycles. The smallest absolute Gasteiger partial charge is 0.252 e. The van der Waals surface area contributed by atoms with E-state index in [9.17, 15) is 4.79 Å². The maximum Gasteiger partial charge on any atom is 0.252 e. The molecule has 2 unspecified atom stereocenters. The van der Waals surface area contributed by atoms with E-state index in [4.69, 9.17) is 4.74 Å². The molecule has 0 radical (unpaired) electrons. The van der Waals surface area contributed by atoms with Gasteiger partial charge in [0.15, 0.2) is 0 Å². The van der Waals surface area contributed by atoms with Gasteiger partial charge in [0.25, 0.3) is 5.91 Å². The van der Waals surface area contributed by atoms with Gasteiger partial charge in [-0.15, -0.1) is 0 Å². The second kappa shape index (κ2) is 5.55. The third kappa shape index (κ3) is 2.68. The lowest BCUT2D eigenvalue weighted by Gasteiger charge is -2.35. The number of alkyl halides is 1. The van der Waals surface area contributed by atoms with E-state index < -0.39 is 0 Å². The second-order valence-corrected chi connectivity index (χ2v) is 5.71. The third-order valence-electron chi connectivity index (χ3n) is 2.89. The molecule has 2 saturated heterocycles. The van der Waals surface area contributed by atoms with Gasteiger partial charge in [-0.2, -0.15) is 11.8 Å². The van der Waals surface area contributed by atoms with Crippen LogP contribution in [0.2, 0.25) is 0 Å². The number of hydrogen-bond acceptors (Lipinski definition) is 3. The van der Waals surface area contributed by atoms with Crippen molar-refractivity contribution in [3.63, 3.8) is 0 Å². The summed E-state index contributed by atoms with van der Waals surface area (Å²) in [4.78, 5) is 14.1. The molecule has 0 aromatic carbocycles. The molecule has 2 rings (SSSR count). The zero-order chi connectivity index (χ0) is 10.7. The van der Waals surface area contributed by atoms with Crippen LogP contribution in [0.4, 0.5) is 0 Å². The fraction of sp³-hybridized carbons (Fsp3) is 0.900. The molecule has 0 aromatic heterocycles. The maximum absolute atomic E-state index is 12.1. The van der Waals surface area contributed by atoms with Gasteiger partial charge in [0.2, 0.25) is 0 Å². The summed E-state index contributed by atoms with van der Waals surface area (Å²) in [7, 11) is 0. The molecule has 1 amide bonds. The van der Waals surface area contributed by atoms with Crippen molar-refractivity contribution in [2.45, 2.75) is 25.0 Å². The Morgan fingerprint density at radius 1 is 1.60 bits per heavy atom. The fourth-order valence-electron chi connectivity index (χ4n) is 2.03. The largest absolute Gasteiger partial charge is 0.368 e. The van der Waals surface area contributed by atoms with Gasteiger partial charge in [-0.1, -0.05) is 15.9 Å². The van der Waals surface area contributed by atoms with Crippen molar-refractivity contribution in [3.05, 3.63) is 0 Å². The van der Waals surface area contributed by atoms with Crippen LogP contribution in [0.5, 0.6) is 0 Å². The predicted octanol–water partition coefficient (Wildman–Crippen LogP) is 1.50. The SMILES string of the molecule is O=C(C1CCCO1)N1CCSCC1CBr. The van der Waals surface area contributed by atoms with E-state index in [1.165, 1.54) is 0 Å². The molecule has 0 N–H and O–H groups in total. The van der Waals surface area contributed by atoms with Gasteiger partial charge in [0.1, 0.15) is 6.10 Å². The number of hydrogen-bond donors (Lipinski definition) is 0. The van der Waals surface area contributed by atoms with Crippen LogP contribution in [0.1, 0.15) is 12.8 Å². The van der Waals surface area contributed by atoms with Crippen LogP contribution in [-0.2, 0) is 9.53 Å². The number of carbonyl (C=O) groups is 1. The number of thioether (sulfide) groups is 1. The monoisotopic (exact) mass is 293 g/mol. The highest BCUT2D eigenvalue weighted by Crippen LogP contribution is 2.22. The van der Waals surface area contributed by atoms with Crippen molar-refractivity contribution >= 4 is 33.6 Å². The molecule has 86 valence electrons. The van der Waals surface area contributed by atoms with E-state index in [2.05, 4.69) is 15.9 Å². The van der Waals surface area contributed by atoms with Crippen LogP contribution in [0.15, 0.2) is 0 Å². The van der Waals surface area contributed by atoms with Gasteiger partial charge in [-0.3, -0.25) is 4.79 Å². The normalized spacial score (nSPS) is 31.9. The molecule has 2 aliphatic rings. The van der Waals surface area contributed by atoms with E-state index in [1.54, 1.807) is 0 Å². The highest BCUT2D eigenvalue weighted by Gasteiger charge is 2.33. The van der Waals surface area contributed by atoms with Crippen molar-refractivity contribution in [2.75, 3.05) is 30.0 Å². The lowest BCUT2D eigenvalue weighted by molar-refractivity contribution is -0.142. The first-order valence-corrected chi connectivity index (χ1v) is 7.66. The van der Waals surface area contributed by atoms with Gasteiger partial charge in [-0.05, 0) is 12.8 Å². The van der Waals surface area contributed by atoms with Gasteiger partial charge in [0.05, 0.1) is 6.04 Å². The number of amides is 1. The zero-order valence-electron chi connectivity index (χ0n) is 8.65. The Balaban J connectivity index is 1.96. The Bertz CT molecular complexity index is 233. The lowest BCUT2D eigenvalue weighted by atomic mass is 10.2. The molecule has 3 nitrogen and oxygen atoms in total. The number of rotatable bonds is 2. The van der Waals surface area contributed by atoms with Crippen LogP contribution in [0.25, 0.3) is 0 Å². The first kappa shape index (κ1) is 11.7. The molecule has 0 aliphatic carbocycles. The Morgan fingerprint density at radius 2 is 2.47 bits per heavy atom. The number of halogens is 1. The average Bonchev–Trinajstić information content (AvgIpc) is 2.81. The summed E-state index contributed by atoms with van der Waals surface area (Å²) in [5.74, 6) is 2.31. The average molecular weight is 294 g/mol. The fourth-order valence-corrected chi connectivity index (χ4v) is 3.97. The van der Waals surface area contributed by atoms with Crippen LogP contribution in [0, 0.1) is 0 Å². The number of nitrogens with zero attached hydrogens (tertiary/aromatic N) is 1. The minimum absolute atomic E-state index is 0.158. The van der Waals surface area contributed by atoms with Crippen LogP contribution in [-0.4, -0.2) is 52.9 Å². The molecule has 15 heavy (non-hydrogen) atoms. The van der Waals surface area contributed by atoms with Crippen molar-refractivity contribution in [2.24, 2.45) is 0 Å². The third-order valence-corrected chi connectivity index (χ3v) is 4.73. The van der Waals surface area contributed by atoms with E-state index in [1.807, 2.05) is 16.7 Å². The molecule has 2 atom stereocenters. The van der Waals surface area contributed by atoms with E-state index in [-0.39, 0.29) is 12.0 Å². The van der Waals surface area contributed by atoms with Gasteiger partial charge < -0.3 is 9.64 Å². The summed E-state index contributed by atoms with van der Waals surface area (Å²) >= 11 is 5.41. The predicted molar refractivity (Wildman–Crippen MR) is 65.6 cm³/mol. The lowest BCUT2D eigenvalue weighted by Crippen LogP contribution is -2.50. The first-order chi connectivity index (χ1) is 7.33. The van der Waals surface area contributed by atoms with Crippen molar-refractivity contribution in [1.29, 1.82) is 0 Å². The highest BCUT2D eigenvalue weighted by molar-refractivity contribution is 9.09. The van der Waals surface area contributed by atoms with E-state index in [0.29, 0.717) is 6.04 Å². The van der Waals surface area contributed by atoms with Gasteiger partial charge >= 0.3 is 0 Å². The van der Waals surface area contributed by atoms with Crippen molar-refractivity contribution in [1.82, 2.24) is 4.90 Å². The number of carbonyl (C=O) groups excluding carboxylic acids is 1. The molecule has 2 fully saturated rings. The standard InChI is InChI=1S/C10H16BrNO2S/c11-6-8-7-15-5-3-12(8)10(13)9-2-1-4-14-9/h8-9H,1-7H2. The summed E-state index contributed by atoms with van der Waals surface area (Å²) in [6, 6.07) is 0.348. The summed E-state index contributed by atoms with van der Waals surface area (Å²) in [5.41, 5.74) is 0. The Kier molecular flexibility index (Phi) is 4.34. The van der Waals surface area contributed by atoms with Crippen LogP contribution < -0.4 is 0 Å². The zero-order valence-corrected chi connectivity index (χ0v) is 11.1. The first-order valence-electron chi connectivity index (χ1n) is 5.38. The van der Waals surface area contributed by atoms with Gasteiger partial charge in [-0.25, -0.2) is 0 Å². The van der Waals surface area contributed by atoms with E-state index >= 15 is 0 Å². The Morgan fingerprint density at radius 3 is 3.13 bits per heavy atom. The molecular formula is C10H16BrNO2S. The molecule has 2 heterocycles. The van der Waals surface area contributed by atoms with Gasteiger partial charge in [0, 0.05) is 30.0 Å². The molecule has 0 aromatic rings. The highest BCUT2D eigenvalue weighted by atomic mass is 79.9. The minimum atomic E-state index is -0.158. The maximum atomic E-state index is 12.1. The quantitative estimate of drug-likeness (QED) is 0.723. The topological polar surface area (TPSA) is 29.5 Å². The van der Waals surface area contributed by atoms with E-state index in [0.717, 1.165) is 42.8 Å². The molecule has 5 heteroatoms. The molecule has 0 saturated carbocycles. The summed E-state index contributed by atoms with van der Waals surface area (Å²) in [5, 5.41) is 0.873. The molecule has 0 spiro atoms. The van der Waals surface area contributed by atoms with Crippen LogP contribution in [0.3, 0.4) is 0 Å². The summed E-state index contributed by atoms with van der Waals surface area (Å²) in [6.07, 6.45) is 1.77. The molecule has 0 bridgehead atoms. The number of ether oxygens (including phenoxy) is 1. The Hall–Kier alpha value is 0.260. The van der Waals surface area contributed by atoms with Crippen molar-refractivity contribution < 1.29 is 9.53 Å². The molecular weight excluding hydrogens is 278 g/mol.